The first-order chi connectivity index (χ1) is 8.67. The second-order valence-electron chi connectivity index (χ2n) is 4.07. The number of ether oxygens (including phenoxy) is 1. The summed E-state index contributed by atoms with van der Waals surface area (Å²) in [6.07, 6.45) is 3.47. The van der Waals surface area contributed by atoms with Crippen molar-refractivity contribution in [1.82, 2.24) is 0 Å². The summed E-state index contributed by atoms with van der Waals surface area (Å²) in [6.45, 7) is 2.04. The molecule has 2 amide bonds. The molecule has 1 aliphatic heterocycles. The van der Waals surface area contributed by atoms with E-state index < -0.39 is 0 Å². The van der Waals surface area contributed by atoms with Crippen LogP contribution in [0.25, 0.3) is 0 Å². The van der Waals surface area contributed by atoms with E-state index in [4.69, 9.17) is 4.74 Å². The van der Waals surface area contributed by atoms with E-state index in [1.165, 1.54) is 12.2 Å². The number of methoxy groups -OCH3 is 1. The summed E-state index contributed by atoms with van der Waals surface area (Å²) in [4.78, 5) is 24.2. The molecule has 1 atom stereocenters. The molecule has 1 heterocycles. The smallest absolute Gasteiger partial charge is 0.258 e. The molecule has 1 unspecified atom stereocenters. The van der Waals surface area contributed by atoms with E-state index in [2.05, 4.69) is 0 Å². The molecule has 4 heteroatoms. The topological polar surface area (TPSA) is 46.6 Å². The van der Waals surface area contributed by atoms with Gasteiger partial charge in [0.25, 0.3) is 11.8 Å². The van der Waals surface area contributed by atoms with Gasteiger partial charge in [0, 0.05) is 19.3 Å². The van der Waals surface area contributed by atoms with Crippen molar-refractivity contribution in [3.8, 4) is 0 Å². The average Bonchev–Trinajstić information content (AvgIpc) is 2.72. The van der Waals surface area contributed by atoms with Crippen LogP contribution in [0.15, 0.2) is 36.4 Å². The molecular weight excluding hydrogens is 230 g/mol. The van der Waals surface area contributed by atoms with Gasteiger partial charge < -0.3 is 4.74 Å². The van der Waals surface area contributed by atoms with Crippen LogP contribution in [0.1, 0.15) is 25.0 Å². The Balaban J connectivity index is 2.23. The number of nitrogens with zero attached hydrogens (tertiary/aromatic N) is 1. The standard InChI is InChI=1S/C14H15NO3/c1-3-12(18-2)10-4-6-11(7-5-10)15-13(16)8-9-14(15)17/h4-9,12H,3H2,1-2H3. The van der Waals surface area contributed by atoms with Gasteiger partial charge in [0.15, 0.2) is 0 Å². The minimum absolute atomic E-state index is 0.0437. The summed E-state index contributed by atoms with van der Waals surface area (Å²) >= 11 is 0. The molecule has 0 aliphatic carbocycles. The number of imide groups is 1. The number of carbonyl (C=O) groups excluding carboxylic acids is 2. The lowest BCUT2D eigenvalue weighted by Gasteiger charge is -2.17. The van der Waals surface area contributed by atoms with Crippen LogP contribution < -0.4 is 4.90 Å². The van der Waals surface area contributed by atoms with Crippen LogP contribution in [0.5, 0.6) is 0 Å². The molecule has 94 valence electrons. The quantitative estimate of drug-likeness (QED) is 0.764. The zero-order valence-electron chi connectivity index (χ0n) is 10.4. The number of hydrogen-bond acceptors (Lipinski definition) is 3. The van der Waals surface area contributed by atoms with Gasteiger partial charge in [-0.1, -0.05) is 19.1 Å². The molecule has 0 bridgehead atoms. The molecule has 18 heavy (non-hydrogen) atoms. The van der Waals surface area contributed by atoms with Gasteiger partial charge in [0.05, 0.1) is 11.8 Å². The molecule has 0 aromatic heterocycles. The number of rotatable bonds is 4. The number of carbonyl (C=O) groups is 2. The van der Waals surface area contributed by atoms with Crippen molar-refractivity contribution in [3.63, 3.8) is 0 Å². The van der Waals surface area contributed by atoms with E-state index in [-0.39, 0.29) is 17.9 Å². The van der Waals surface area contributed by atoms with Crippen molar-refractivity contribution < 1.29 is 14.3 Å². The minimum Gasteiger partial charge on any atom is -0.377 e. The summed E-state index contributed by atoms with van der Waals surface area (Å²) in [5, 5.41) is 0. The van der Waals surface area contributed by atoms with E-state index in [0.717, 1.165) is 16.9 Å². The van der Waals surface area contributed by atoms with Crippen LogP contribution in [0.3, 0.4) is 0 Å². The monoisotopic (exact) mass is 245 g/mol. The predicted octanol–water partition coefficient (Wildman–Crippen LogP) is 2.21. The summed E-state index contributed by atoms with van der Waals surface area (Å²) in [5.74, 6) is -0.599. The maximum Gasteiger partial charge on any atom is 0.258 e. The van der Waals surface area contributed by atoms with Crippen LogP contribution in [-0.2, 0) is 14.3 Å². The lowest BCUT2D eigenvalue weighted by Crippen LogP contribution is -2.29. The van der Waals surface area contributed by atoms with Crippen molar-refractivity contribution in [3.05, 3.63) is 42.0 Å². The molecule has 0 fully saturated rings. The van der Waals surface area contributed by atoms with Crippen LogP contribution in [0.2, 0.25) is 0 Å². The first-order valence-corrected chi connectivity index (χ1v) is 5.86. The Morgan fingerprint density at radius 2 is 1.67 bits per heavy atom. The maximum atomic E-state index is 11.5. The van der Waals surface area contributed by atoms with Crippen LogP contribution in [-0.4, -0.2) is 18.9 Å². The van der Waals surface area contributed by atoms with E-state index in [1.54, 1.807) is 19.2 Å². The third-order valence-corrected chi connectivity index (χ3v) is 2.99. The molecule has 0 spiro atoms. The van der Waals surface area contributed by atoms with Gasteiger partial charge in [-0.3, -0.25) is 9.59 Å². The predicted molar refractivity (Wildman–Crippen MR) is 68.1 cm³/mol. The first-order valence-electron chi connectivity index (χ1n) is 5.86. The third-order valence-electron chi connectivity index (χ3n) is 2.99. The maximum absolute atomic E-state index is 11.5. The van der Waals surface area contributed by atoms with Gasteiger partial charge in [0.2, 0.25) is 0 Å². The SMILES string of the molecule is CCC(OC)c1ccc(N2C(=O)C=CC2=O)cc1. The Hall–Kier alpha value is -1.94. The molecule has 0 radical (unpaired) electrons. The zero-order chi connectivity index (χ0) is 13.1. The van der Waals surface area contributed by atoms with Crippen molar-refractivity contribution in [2.24, 2.45) is 0 Å². The lowest BCUT2D eigenvalue weighted by atomic mass is 10.1. The molecule has 0 saturated carbocycles. The van der Waals surface area contributed by atoms with Crippen LogP contribution in [0, 0.1) is 0 Å². The molecule has 0 N–H and O–H groups in total. The average molecular weight is 245 g/mol. The second-order valence-corrected chi connectivity index (χ2v) is 4.07. The minimum atomic E-state index is -0.300. The Morgan fingerprint density at radius 1 is 1.11 bits per heavy atom. The highest BCUT2D eigenvalue weighted by Crippen LogP contribution is 2.24. The van der Waals surface area contributed by atoms with Gasteiger partial charge in [-0.2, -0.15) is 0 Å². The first kappa shape index (κ1) is 12.5. The highest BCUT2D eigenvalue weighted by molar-refractivity contribution is 6.28. The van der Waals surface area contributed by atoms with Crippen molar-refractivity contribution in [2.45, 2.75) is 19.4 Å². The largest absolute Gasteiger partial charge is 0.377 e. The third kappa shape index (κ3) is 2.19. The molecule has 0 saturated heterocycles. The molecule has 2 rings (SSSR count). The Kier molecular flexibility index (Phi) is 3.58. The van der Waals surface area contributed by atoms with Crippen molar-refractivity contribution in [2.75, 3.05) is 12.0 Å². The Bertz CT molecular complexity index is 468. The fourth-order valence-electron chi connectivity index (χ4n) is 2.03. The number of amides is 2. The Labute approximate surface area is 106 Å². The number of anilines is 1. The van der Waals surface area contributed by atoms with Gasteiger partial charge in [-0.25, -0.2) is 4.90 Å². The molecule has 4 nitrogen and oxygen atoms in total. The van der Waals surface area contributed by atoms with E-state index in [0.29, 0.717) is 5.69 Å². The summed E-state index contributed by atoms with van der Waals surface area (Å²) in [6, 6.07) is 7.29. The van der Waals surface area contributed by atoms with Gasteiger partial charge in [-0.05, 0) is 24.1 Å². The highest BCUT2D eigenvalue weighted by atomic mass is 16.5. The van der Waals surface area contributed by atoms with Crippen molar-refractivity contribution in [1.29, 1.82) is 0 Å². The number of benzene rings is 1. The fraction of sp³-hybridized carbons (Fsp3) is 0.286. The second kappa shape index (κ2) is 5.14. The lowest BCUT2D eigenvalue weighted by molar-refractivity contribution is -0.119. The summed E-state index contributed by atoms with van der Waals surface area (Å²) in [5.41, 5.74) is 1.63. The molecule has 1 aromatic rings. The van der Waals surface area contributed by atoms with Crippen molar-refractivity contribution >= 4 is 17.5 Å². The highest BCUT2D eigenvalue weighted by Gasteiger charge is 2.25. The molecular formula is C14H15NO3. The van der Waals surface area contributed by atoms with E-state index in [9.17, 15) is 9.59 Å². The summed E-state index contributed by atoms with van der Waals surface area (Å²) < 4.78 is 5.33. The van der Waals surface area contributed by atoms with Crippen LogP contribution in [0.4, 0.5) is 5.69 Å². The molecule has 1 aliphatic rings. The zero-order valence-corrected chi connectivity index (χ0v) is 10.4. The molecule has 1 aromatic carbocycles. The van der Waals surface area contributed by atoms with Gasteiger partial charge >= 0.3 is 0 Å². The number of hydrogen-bond donors (Lipinski definition) is 0. The normalized spacial score (nSPS) is 16.4. The van der Waals surface area contributed by atoms with Gasteiger partial charge in [0.1, 0.15) is 0 Å². The summed E-state index contributed by atoms with van der Waals surface area (Å²) in [7, 11) is 1.67. The van der Waals surface area contributed by atoms with Gasteiger partial charge in [-0.15, -0.1) is 0 Å². The van der Waals surface area contributed by atoms with Crippen LogP contribution >= 0.6 is 0 Å². The van der Waals surface area contributed by atoms with E-state index >= 15 is 0 Å². The fourth-order valence-corrected chi connectivity index (χ4v) is 2.03. The Morgan fingerprint density at radius 3 is 2.11 bits per heavy atom. The van der Waals surface area contributed by atoms with E-state index in [1.807, 2.05) is 19.1 Å².